The number of allylic oxidation sites excluding steroid dienone is 2. The maximum Gasteiger partial charge on any atom is 0.357 e. The number of imidazole rings is 1. The van der Waals surface area contributed by atoms with E-state index in [-0.39, 0.29) is 41.2 Å². The Balaban J connectivity index is 2.70. The van der Waals surface area contributed by atoms with Crippen molar-refractivity contribution < 1.29 is 28.2 Å². The minimum Gasteiger partial charge on any atom is -0.513 e. The van der Waals surface area contributed by atoms with Gasteiger partial charge in [-0.1, -0.05) is 13.0 Å². The van der Waals surface area contributed by atoms with Crippen molar-refractivity contribution in [2.45, 2.75) is 31.5 Å². The third-order valence-electron chi connectivity index (χ3n) is 4.46. The second kappa shape index (κ2) is 11.1. The molecule has 1 heterocycles. The summed E-state index contributed by atoms with van der Waals surface area (Å²) in [6.07, 6.45) is 1.77. The molecule has 10 heteroatoms. The van der Waals surface area contributed by atoms with Gasteiger partial charge in [-0.3, -0.25) is 4.99 Å². The van der Waals surface area contributed by atoms with Crippen LogP contribution in [0.3, 0.4) is 0 Å². The predicted molar refractivity (Wildman–Crippen MR) is 115 cm³/mol. The van der Waals surface area contributed by atoms with Crippen molar-refractivity contribution in [1.82, 2.24) is 9.55 Å². The molecule has 1 atom stereocenters. The van der Waals surface area contributed by atoms with Gasteiger partial charge in [-0.05, 0) is 31.0 Å². The number of rotatable bonds is 9. The van der Waals surface area contributed by atoms with E-state index in [0.717, 1.165) is 12.1 Å². The number of aliphatic hydroxyl groups excluding tert-OH is 1. The fraction of sp³-hybridized carbons (Fsp3) is 0.381. The van der Waals surface area contributed by atoms with Crippen molar-refractivity contribution in [1.29, 1.82) is 0 Å². The number of nitrogens with zero attached hydrogens (tertiary/aromatic N) is 3. The number of carbonyl (C=O) groups excluding carboxylic acids is 1. The Morgan fingerprint density at radius 2 is 2.06 bits per heavy atom. The van der Waals surface area contributed by atoms with Crippen LogP contribution in [0.25, 0.3) is 0 Å². The van der Waals surface area contributed by atoms with E-state index in [4.69, 9.17) is 9.47 Å². The highest BCUT2D eigenvalue weighted by Gasteiger charge is 2.30. The third-order valence-corrected chi connectivity index (χ3v) is 4.78. The SMILES string of the molecule is CCC(c1ccc(F)c(F)c1)n1c(S)nc(C(/C=C(/C)O)=N/C)c1C(=O)OCCOC. The van der Waals surface area contributed by atoms with E-state index in [1.807, 2.05) is 6.92 Å². The Hall–Kier alpha value is -2.72. The molecule has 0 saturated carbocycles. The first kappa shape index (κ1) is 24.5. The van der Waals surface area contributed by atoms with Crippen LogP contribution in [-0.4, -0.2) is 53.7 Å². The minimum absolute atomic E-state index is 0.00268. The third kappa shape index (κ3) is 5.71. The molecule has 168 valence electrons. The lowest BCUT2D eigenvalue weighted by atomic mass is 10.0. The van der Waals surface area contributed by atoms with Crippen molar-refractivity contribution in [3.63, 3.8) is 0 Å². The summed E-state index contributed by atoms with van der Waals surface area (Å²) in [6, 6.07) is 2.94. The second-order valence-corrected chi connectivity index (χ2v) is 7.00. The number of hydrogen-bond acceptors (Lipinski definition) is 7. The number of methoxy groups -OCH3 is 1. The number of ether oxygens (including phenoxy) is 2. The maximum atomic E-state index is 13.9. The number of benzene rings is 1. The van der Waals surface area contributed by atoms with Crippen molar-refractivity contribution in [3.8, 4) is 0 Å². The fourth-order valence-corrected chi connectivity index (χ4v) is 3.44. The average Bonchev–Trinajstić information content (AvgIpc) is 3.06. The van der Waals surface area contributed by atoms with E-state index >= 15 is 0 Å². The Labute approximate surface area is 184 Å². The minimum atomic E-state index is -1.00. The van der Waals surface area contributed by atoms with Gasteiger partial charge >= 0.3 is 5.97 Å². The van der Waals surface area contributed by atoms with E-state index in [2.05, 4.69) is 22.6 Å². The van der Waals surface area contributed by atoms with Crippen LogP contribution in [0.4, 0.5) is 8.78 Å². The molecular formula is C21H25F2N3O4S. The van der Waals surface area contributed by atoms with E-state index in [1.54, 1.807) is 0 Å². The van der Waals surface area contributed by atoms with Crippen LogP contribution in [0, 0.1) is 11.6 Å². The first-order chi connectivity index (χ1) is 14.7. The molecule has 1 N–H and O–H groups in total. The summed E-state index contributed by atoms with van der Waals surface area (Å²) in [5.41, 5.74) is 0.823. The van der Waals surface area contributed by atoms with Gasteiger partial charge in [-0.25, -0.2) is 18.6 Å². The Kier molecular flexibility index (Phi) is 8.76. The van der Waals surface area contributed by atoms with Crippen molar-refractivity contribution in [3.05, 3.63) is 58.6 Å². The molecule has 0 bridgehead atoms. The van der Waals surface area contributed by atoms with E-state index < -0.39 is 23.6 Å². The van der Waals surface area contributed by atoms with E-state index in [9.17, 15) is 18.7 Å². The number of hydrogen-bond donors (Lipinski definition) is 2. The van der Waals surface area contributed by atoms with E-state index in [1.165, 1.54) is 37.8 Å². The maximum absolute atomic E-state index is 13.9. The normalized spacial score (nSPS) is 13.4. The molecular weight excluding hydrogens is 428 g/mol. The van der Waals surface area contributed by atoms with Crippen LogP contribution in [-0.2, 0) is 9.47 Å². The number of esters is 1. The fourth-order valence-electron chi connectivity index (χ4n) is 3.10. The zero-order chi connectivity index (χ0) is 23.1. The highest BCUT2D eigenvalue weighted by atomic mass is 32.1. The molecule has 0 amide bonds. The largest absolute Gasteiger partial charge is 0.513 e. The molecule has 2 rings (SSSR count). The topological polar surface area (TPSA) is 85.9 Å². The van der Waals surface area contributed by atoms with Crippen LogP contribution in [0.15, 0.2) is 40.2 Å². The van der Waals surface area contributed by atoms with Crippen LogP contribution in [0.1, 0.15) is 48.1 Å². The van der Waals surface area contributed by atoms with Gasteiger partial charge < -0.3 is 19.1 Å². The molecule has 1 aromatic heterocycles. The molecule has 1 aromatic carbocycles. The van der Waals surface area contributed by atoms with Crippen LogP contribution >= 0.6 is 12.6 Å². The molecule has 0 aliphatic carbocycles. The van der Waals surface area contributed by atoms with Gasteiger partial charge in [-0.15, -0.1) is 12.6 Å². The van der Waals surface area contributed by atoms with Crippen LogP contribution in [0.5, 0.6) is 0 Å². The van der Waals surface area contributed by atoms with Gasteiger partial charge in [0.15, 0.2) is 22.5 Å². The highest BCUT2D eigenvalue weighted by Crippen LogP contribution is 2.30. The quantitative estimate of drug-likeness (QED) is 0.196. The molecule has 0 radical (unpaired) electrons. The molecule has 0 spiro atoms. The summed E-state index contributed by atoms with van der Waals surface area (Å²) >= 11 is 4.42. The van der Waals surface area contributed by atoms with Crippen molar-refractivity contribution in [2.75, 3.05) is 27.4 Å². The average molecular weight is 454 g/mol. The molecule has 0 aliphatic rings. The molecule has 2 aromatic rings. The molecule has 1 unspecified atom stereocenters. The smallest absolute Gasteiger partial charge is 0.357 e. The van der Waals surface area contributed by atoms with Crippen molar-refractivity contribution in [2.24, 2.45) is 4.99 Å². The zero-order valence-corrected chi connectivity index (χ0v) is 18.6. The summed E-state index contributed by atoms with van der Waals surface area (Å²) in [6.45, 7) is 3.47. The number of halogens is 2. The van der Waals surface area contributed by atoms with Gasteiger partial charge in [0.25, 0.3) is 0 Å². The second-order valence-electron chi connectivity index (χ2n) is 6.60. The summed E-state index contributed by atoms with van der Waals surface area (Å²) < 4.78 is 39.1. The standard InChI is InChI=1S/C21H25F2N3O4S/c1-5-17(13-6-7-14(22)15(23)11-13)26-19(20(28)30-9-8-29-4)18(25-21(26)31)16(24-3)10-12(2)27/h6-7,10-11,17,27H,5,8-9H2,1-4H3,(H,25,31)/b12-10-,24-16+. The molecule has 0 fully saturated rings. The van der Waals surface area contributed by atoms with Crippen LogP contribution in [0.2, 0.25) is 0 Å². The lowest BCUT2D eigenvalue weighted by Crippen LogP contribution is -2.21. The Morgan fingerprint density at radius 1 is 1.35 bits per heavy atom. The predicted octanol–water partition coefficient (Wildman–Crippen LogP) is 4.13. The summed E-state index contributed by atoms with van der Waals surface area (Å²) in [4.78, 5) is 21.5. The number of aromatic nitrogens is 2. The van der Waals surface area contributed by atoms with Gasteiger partial charge in [0, 0.05) is 20.2 Å². The lowest BCUT2D eigenvalue weighted by Gasteiger charge is -2.21. The van der Waals surface area contributed by atoms with Gasteiger partial charge in [0.1, 0.15) is 12.3 Å². The number of aliphatic imine (C=N–C) groups is 1. The molecule has 0 saturated heterocycles. The highest BCUT2D eigenvalue weighted by molar-refractivity contribution is 7.80. The lowest BCUT2D eigenvalue weighted by molar-refractivity contribution is 0.0373. The zero-order valence-electron chi connectivity index (χ0n) is 17.7. The first-order valence-corrected chi connectivity index (χ1v) is 9.96. The Bertz CT molecular complexity index is 1000. The molecule has 31 heavy (non-hydrogen) atoms. The summed E-state index contributed by atoms with van der Waals surface area (Å²) in [7, 11) is 2.96. The van der Waals surface area contributed by atoms with Gasteiger partial charge in [0.2, 0.25) is 0 Å². The number of thiol groups is 1. The van der Waals surface area contributed by atoms with Gasteiger partial charge in [-0.2, -0.15) is 0 Å². The summed E-state index contributed by atoms with van der Waals surface area (Å²) in [5.74, 6) is -2.73. The monoisotopic (exact) mass is 453 g/mol. The first-order valence-electron chi connectivity index (χ1n) is 9.51. The molecule has 0 aliphatic heterocycles. The van der Waals surface area contributed by atoms with E-state index in [0.29, 0.717) is 12.0 Å². The Morgan fingerprint density at radius 3 is 2.61 bits per heavy atom. The number of aliphatic hydroxyl groups is 1. The van der Waals surface area contributed by atoms with Crippen LogP contribution < -0.4 is 0 Å². The number of carbonyl (C=O) groups is 1. The van der Waals surface area contributed by atoms with Crippen molar-refractivity contribution >= 4 is 24.3 Å². The van der Waals surface area contributed by atoms with Gasteiger partial charge in [0.05, 0.1) is 24.1 Å². The summed E-state index contributed by atoms with van der Waals surface area (Å²) in [5, 5.41) is 9.85. The molecule has 7 nitrogen and oxygen atoms in total.